The maximum absolute atomic E-state index is 12.5. The van der Waals surface area contributed by atoms with Gasteiger partial charge in [0.2, 0.25) is 10.0 Å². The van der Waals surface area contributed by atoms with E-state index in [9.17, 15) is 8.42 Å². The second kappa shape index (κ2) is 5.13. The minimum atomic E-state index is -3.30. The predicted molar refractivity (Wildman–Crippen MR) is 79.0 cm³/mol. The van der Waals surface area contributed by atoms with Gasteiger partial charge in [0.15, 0.2) is 0 Å². The fourth-order valence-electron chi connectivity index (χ4n) is 2.68. The van der Waals surface area contributed by atoms with Crippen molar-refractivity contribution in [2.24, 2.45) is 5.73 Å². The van der Waals surface area contributed by atoms with E-state index >= 15 is 0 Å². The summed E-state index contributed by atoms with van der Waals surface area (Å²) in [6, 6.07) is 5.96. The standard InChI is InChI=1S/C14H22N2O2S/c1-10(2)13-6-4-5-11(3)14(13)16-8-7-12(9-15)19(16,17)18/h4-6,10,12H,7-9,15H2,1-3H3/t12-/m0/s1. The lowest BCUT2D eigenvalue weighted by Crippen LogP contribution is -2.34. The molecule has 0 amide bonds. The molecule has 2 rings (SSSR count). The number of hydrogen-bond donors (Lipinski definition) is 1. The lowest BCUT2D eigenvalue weighted by atomic mass is 9.98. The van der Waals surface area contributed by atoms with Crippen molar-refractivity contribution >= 4 is 15.7 Å². The summed E-state index contributed by atoms with van der Waals surface area (Å²) in [6.45, 7) is 6.87. The molecule has 1 aromatic carbocycles. The van der Waals surface area contributed by atoms with Gasteiger partial charge in [0.1, 0.15) is 0 Å². The second-order valence-corrected chi connectivity index (χ2v) is 7.57. The van der Waals surface area contributed by atoms with Crippen molar-refractivity contribution in [3.63, 3.8) is 0 Å². The largest absolute Gasteiger partial charge is 0.329 e. The minimum absolute atomic E-state index is 0.196. The fraction of sp³-hybridized carbons (Fsp3) is 0.571. The molecule has 0 unspecified atom stereocenters. The lowest BCUT2D eigenvalue weighted by molar-refractivity contribution is 0.587. The molecular weight excluding hydrogens is 260 g/mol. The number of sulfonamides is 1. The Morgan fingerprint density at radius 1 is 1.42 bits per heavy atom. The highest BCUT2D eigenvalue weighted by Gasteiger charge is 2.39. The molecule has 1 fully saturated rings. The van der Waals surface area contributed by atoms with E-state index in [0.717, 1.165) is 16.8 Å². The van der Waals surface area contributed by atoms with E-state index in [1.165, 1.54) is 0 Å². The first-order chi connectivity index (χ1) is 8.89. The molecular formula is C14H22N2O2S. The van der Waals surface area contributed by atoms with Gasteiger partial charge in [-0.15, -0.1) is 0 Å². The molecule has 1 aliphatic heterocycles. The number of aryl methyl sites for hydroxylation is 1. The molecule has 1 aromatic rings. The third-order valence-corrected chi connectivity index (χ3v) is 6.04. The van der Waals surface area contributed by atoms with Gasteiger partial charge in [0, 0.05) is 13.1 Å². The quantitative estimate of drug-likeness (QED) is 0.922. The van der Waals surface area contributed by atoms with Crippen LogP contribution in [-0.4, -0.2) is 26.8 Å². The van der Waals surface area contributed by atoms with Gasteiger partial charge in [-0.3, -0.25) is 4.31 Å². The summed E-state index contributed by atoms with van der Waals surface area (Å²) in [6.07, 6.45) is 0.616. The summed E-state index contributed by atoms with van der Waals surface area (Å²) in [5, 5.41) is -0.438. The third kappa shape index (κ3) is 2.37. The summed E-state index contributed by atoms with van der Waals surface area (Å²) in [4.78, 5) is 0. The molecule has 106 valence electrons. The van der Waals surface area contributed by atoms with Gasteiger partial charge >= 0.3 is 0 Å². The van der Waals surface area contributed by atoms with Crippen molar-refractivity contribution in [1.29, 1.82) is 0 Å². The summed E-state index contributed by atoms with van der Waals surface area (Å²) < 4.78 is 26.6. The van der Waals surface area contributed by atoms with Crippen molar-refractivity contribution in [2.45, 2.75) is 38.4 Å². The molecule has 1 heterocycles. The zero-order valence-electron chi connectivity index (χ0n) is 11.8. The monoisotopic (exact) mass is 282 g/mol. The van der Waals surface area contributed by atoms with Crippen molar-refractivity contribution in [3.05, 3.63) is 29.3 Å². The average molecular weight is 282 g/mol. The Balaban J connectivity index is 2.55. The van der Waals surface area contributed by atoms with Gasteiger partial charge in [-0.2, -0.15) is 0 Å². The SMILES string of the molecule is Cc1cccc(C(C)C)c1N1CC[C@@H](CN)S1(=O)=O. The molecule has 2 N–H and O–H groups in total. The van der Waals surface area contributed by atoms with Gasteiger partial charge in [-0.25, -0.2) is 8.42 Å². The number of hydrogen-bond acceptors (Lipinski definition) is 3. The average Bonchev–Trinajstić information content (AvgIpc) is 2.63. The summed E-state index contributed by atoms with van der Waals surface area (Å²) >= 11 is 0. The third-order valence-electron chi connectivity index (χ3n) is 3.79. The molecule has 4 nitrogen and oxygen atoms in total. The van der Waals surface area contributed by atoms with Crippen LogP contribution in [0, 0.1) is 6.92 Å². The predicted octanol–water partition coefficient (Wildman–Crippen LogP) is 1.99. The van der Waals surface area contributed by atoms with E-state index in [2.05, 4.69) is 13.8 Å². The van der Waals surface area contributed by atoms with Gasteiger partial charge in [-0.05, 0) is 30.4 Å². The molecule has 1 saturated heterocycles. The Hall–Kier alpha value is -1.07. The van der Waals surface area contributed by atoms with Crippen LogP contribution in [0.2, 0.25) is 0 Å². The van der Waals surface area contributed by atoms with Crippen LogP contribution < -0.4 is 10.0 Å². The Kier molecular flexibility index (Phi) is 3.87. The summed E-state index contributed by atoms with van der Waals surface area (Å²) in [5.41, 5.74) is 8.53. The number of para-hydroxylation sites is 1. The molecule has 0 radical (unpaired) electrons. The van der Waals surface area contributed by atoms with Crippen molar-refractivity contribution < 1.29 is 8.42 Å². The number of benzene rings is 1. The second-order valence-electron chi connectivity index (χ2n) is 5.43. The van der Waals surface area contributed by atoms with Crippen LogP contribution in [0.15, 0.2) is 18.2 Å². The van der Waals surface area contributed by atoms with Gasteiger partial charge < -0.3 is 5.73 Å². The smallest absolute Gasteiger partial charge is 0.239 e. The van der Waals surface area contributed by atoms with E-state index in [4.69, 9.17) is 5.73 Å². The van der Waals surface area contributed by atoms with E-state index in [-0.39, 0.29) is 6.54 Å². The van der Waals surface area contributed by atoms with Gasteiger partial charge in [-0.1, -0.05) is 32.0 Å². The normalized spacial score (nSPS) is 22.2. The highest BCUT2D eigenvalue weighted by atomic mass is 32.2. The first-order valence-electron chi connectivity index (χ1n) is 6.70. The van der Waals surface area contributed by atoms with Crippen LogP contribution in [0.4, 0.5) is 5.69 Å². The van der Waals surface area contributed by atoms with E-state index in [0.29, 0.717) is 18.9 Å². The molecule has 19 heavy (non-hydrogen) atoms. The molecule has 0 bridgehead atoms. The zero-order valence-corrected chi connectivity index (χ0v) is 12.6. The maximum atomic E-state index is 12.5. The molecule has 0 saturated carbocycles. The molecule has 0 aliphatic carbocycles. The van der Waals surface area contributed by atoms with E-state index in [1.807, 2.05) is 25.1 Å². The van der Waals surface area contributed by atoms with Crippen LogP contribution >= 0.6 is 0 Å². The van der Waals surface area contributed by atoms with Crippen molar-refractivity contribution in [3.8, 4) is 0 Å². The number of rotatable bonds is 3. The number of anilines is 1. The lowest BCUT2D eigenvalue weighted by Gasteiger charge is -2.25. The van der Waals surface area contributed by atoms with Crippen LogP contribution in [0.1, 0.15) is 37.3 Å². The van der Waals surface area contributed by atoms with Gasteiger partial charge in [0.05, 0.1) is 10.9 Å². The molecule has 0 aromatic heterocycles. The molecule has 5 heteroatoms. The van der Waals surface area contributed by atoms with Crippen LogP contribution in [0.25, 0.3) is 0 Å². The topological polar surface area (TPSA) is 63.4 Å². The Morgan fingerprint density at radius 2 is 2.11 bits per heavy atom. The Bertz CT molecular complexity index is 567. The van der Waals surface area contributed by atoms with Crippen molar-refractivity contribution in [1.82, 2.24) is 0 Å². The summed E-state index contributed by atoms with van der Waals surface area (Å²) in [5.74, 6) is 0.294. The summed E-state index contributed by atoms with van der Waals surface area (Å²) in [7, 11) is -3.30. The Labute approximate surface area is 115 Å². The highest BCUT2D eigenvalue weighted by Crippen LogP contribution is 2.36. The van der Waals surface area contributed by atoms with Crippen LogP contribution in [-0.2, 0) is 10.0 Å². The van der Waals surface area contributed by atoms with E-state index < -0.39 is 15.3 Å². The first kappa shape index (κ1) is 14.3. The van der Waals surface area contributed by atoms with Crippen LogP contribution in [0.5, 0.6) is 0 Å². The molecule has 0 spiro atoms. The maximum Gasteiger partial charge on any atom is 0.239 e. The highest BCUT2D eigenvalue weighted by molar-refractivity contribution is 7.93. The first-order valence-corrected chi connectivity index (χ1v) is 8.21. The van der Waals surface area contributed by atoms with Crippen LogP contribution in [0.3, 0.4) is 0 Å². The number of nitrogens with two attached hydrogens (primary N) is 1. The van der Waals surface area contributed by atoms with Crippen molar-refractivity contribution in [2.75, 3.05) is 17.4 Å². The molecule has 1 aliphatic rings. The number of nitrogens with zero attached hydrogens (tertiary/aromatic N) is 1. The zero-order chi connectivity index (χ0) is 14.2. The Morgan fingerprint density at radius 3 is 2.63 bits per heavy atom. The molecule has 1 atom stereocenters. The van der Waals surface area contributed by atoms with E-state index in [1.54, 1.807) is 4.31 Å². The fourth-order valence-corrected chi connectivity index (χ4v) is 4.55. The van der Waals surface area contributed by atoms with Gasteiger partial charge in [0.25, 0.3) is 0 Å². The minimum Gasteiger partial charge on any atom is -0.329 e.